The lowest BCUT2D eigenvalue weighted by Gasteiger charge is -2.34. The summed E-state index contributed by atoms with van der Waals surface area (Å²) in [6.45, 7) is 2.10. The lowest BCUT2D eigenvalue weighted by Crippen LogP contribution is -2.53. The second kappa shape index (κ2) is 18.9. The van der Waals surface area contributed by atoms with Crippen molar-refractivity contribution in [1.29, 1.82) is 0 Å². The van der Waals surface area contributed by atoms with Gasteiger partial charge in [0, 0.05) is 54.6 Å². The van der Waals surface area contributed by atoms with Gasteiger partial charge in [0.1, 0.15) is 29.5 Å². The number of hydrogen-bond donors (Lipinski definition) is 4. The molecule has 0 bridgehead atoms. The molecule has 17 heteroatoms. The Hall–Kier alpha value is -7.14. The Labute approximate surface area is 374 Å². The van der Waals surface area contributed by atoms with E-state index in [1.807, 2.05) is 41.3 Å². The van der Waals surface area contributed by atoms with Crippen molar-refractivity contribution in [2.45, 2.75) is 62.7 Å². The first kappa shape index (κ1) is 43.1. The zero-order valence-electron chi connectivity index (χ0n) is 36.1. The SMILES string of the molecule is COC(=O)N[C@H](C(=O)N1CCC[C@H]1c1ncc(-c2ccc3cc(-c4ccc(-c5cnc([C@@H]6CCCN6C(=O)[C@H](NC(=O)OC)c6ccccc6)[nH]5)c(F)c4)ncc3c2)[nH]1)C1CCOCC1. The van der Waals surface area contributed by atoms with Crippen LogP contribution in [0.1, 0.15) is 73.9 Å². The summed E-state index contributed by atoms with van der Waals surface area (Å²) >= 11 is 0. The van der Waals surface area contributed by atoms with Crippen molar-refractivity contribution in [3.05, 3.63) is 114 Å². The number of likely N-dealkylation sites (tertiary alicyclic amines) is 2. The third-order valence-electron chi connectivity index (χ3n) is 12.8. The molecule has 9 rings (SSSR count). The van der Waals surface area contributed by atoms with E-state index in [0.717, 1.165) is 41.3 Å². The van der Waals surface area contributed by atoms with Gasteiger partial charge in [-0.15, -0.1) is 0 Å². The van der Waals surface area contributed by atoms with Crippen LogP contribution in [0.5, 0.6) is 0 Å². The second-order valence-corrected chi connectivity index (χ2v) is 16.6. The molecule has 3 aromatic heterocycles. The average molecular weight is 884 g/mol. The molecule has 0 unspecified atom stereocenters. The molecule has 0 saturated carbocycles. The minimum Gasteiger partial charge on any atom is -0.453 e. The van der Waals surface area contributed by atoms with Crippen LogP contribution in [0.25, 0.3) is 44.5 Å². The molecule has 4 atom stereocenters. The molecule has 4 amide bonds. The highest BCUT2D eigenvalue weighted by atomic mass is 19.1. The number of alkyl carbamates (subject to hydrolysis) is 2. The number of imidazole rings is 2. The highest BCUT2D eigenvalue weighted by Gasteiger charge is 2.41. The lowest BCUT2D eigenvalue weighted by molar-refractivity contribution is -0.137. The van der Waals surface area contributed by atoms with Crippen LogP contribution in [-0.2, 0) is 23.8 Å². The van der Waals surface area contributed by atoms with Crippen LogP contribution in [-0.4, -0.2) is 105 Å². The summed E-state index contributed by atoms with van der Waals surface area (Å²) in [5.74, 6) is 0.253. The summed E-state index contributed by atoms with van der Waals surface area (Å²) in [6, 6.07) is 19.5. The van der Waals surface area contributed by atoms with Crippen LogP contribution < -0.4 is 10.6 Å². The van der Waals surface area contributed by atoms with Gasteiger partial charge in [-0.25, -0.2) is 23.9 Å². The van der Waals surface area contributed by atoms with Crippen molar-refractivity contribution in [2.75, 3.05) is 40.5 Å². The molecule has 3 aliphatic heterocycles. The second-order valence-electron chi connectivity index (χ2n) is 16.6. The quantitative estimate of drug-likeness (QED) is 0.102. The molecule has 3 aliphatic rings. The molecule has 336 valence electrons. The van der Waals surface area contributed by atoms with E-state index >= 15 is 4.39 Å². The number of benzene rings is 3. The highest BCUT2D eigenvalue weighted by Crippen LogP contribution is 2.37. The molecule has 3 fully saturated rings. The fourth-order valence-electron chi connectivity index (χ4n) is 9.36. The summed E-state index contributed by atoms with van der Waals surface area (Å²) in [4.78, 5) is 76.7. The van der Waals surface area contributed by atoms with Crippen molar-refractivity contribution in [1.82, 2.24) is 45.4 Å². The Bertz CT molecular complexity index is 2700. The number of amides is 4. The lowest BCUT2D eigenvalue weighted by atomic mass is 9.90. The number of rotatable bonds is 11. The number of carbonyl (C=O) groups excluding carboxylic acids is 4. The summed E-state index contributed by atoms with van der Waals surface area (Å²) in [6.07, 6.45) is 8.03. The Morgan fingerprint density at radius 1 is 0.708 bits per heavy atom. The van der Waals surface area contributed by atoms with E-state index in [2.05, 4.69) is 25.6 Å². The van der Waals surface area contributed by atoms with Gasteiger partial charge in [-0.1, -0.05) is 48.5 Å². The molecule has 16 nitrogen and oxygen atoms in total. The van der Waals surface area contributed by atoms with Gasteiger partial charge >= 0.3 is 12.2 Å². The largest absolute Gasteiger partial charge is 0.453 e. The van der Waals surface area contributed by atoms with E-state index in [0.29, 0.717) is 85.3 Å². The van der Waals surface area contributed by atoms with E-state index in [-0.39, 0.29) is 23.8 Å². The van der Waals surface area contributed by atoms with Crippen LogP contribution in [0.15, 0.2) is 91.4 Å². The van der Waals surface area contributed by atoms with E-state index < -0.39 is 36.1 Å². The number of fused-ring (bicyclic) bond motifs is 1. The molecular weight excluding hydrogens is 834 g/mol. The number of methoxy groups -OCH3 is 2. The molecule has 3 saturated heterocycles. The van der Waals surface area contributed by atoms with Crippen molar-refractivity contribution in [3.63, 3.8) is 0 Å². The zero-order valence-corrected chi connectivity index (χ0v) is 36.1. The third-order valence-corrected chi connectivity index (χ3v) is 12.8. The molecule has 65 heavy (non-hydrogen) atoms. The van der Waals surface area contributed by atoms with Gasteiger partial charge in [0.2, 0.25) is 5.91 Å². The topological polar surface area (TPSA) is 197 Å². The maximum atomic E-state index is 15.9. The maximum Gasteiger partial charge on any atom is 0.407 e. The molecular formula is C48H50FN9O7. The predicted molar refractivity (Wildman–Crippen MR) is 237 cm³/mol. The Balaban J connectivity index is 0.884. The molecule has 3 aromatic carbocycles. The Morgan fingerprint density at radius 3 is 2.05 bits per heavy atom. The molecule has 0 aliphatic carbocycles. The first-order valence-electron chi connectivity index (χ1n) is 21.9. The molecule has 6 heterocycles. The number of halogens is 1. The van der Waals surface area contributed by atoms with E-state index in [9.17, 15) is 19.2 Å². The first-order valence-corrected chi connectivity index (χ1v) is 21.9. The van der Waals surface area contributed by atoms with Crippen LogP contribution in [0.3, 0.4) is 0 Å². The highest BCUT2D eigenvalue weighted by molar-refractivity contribution is 5.90. The normalized spacial score (nSPS) is 18.6. The van der Waals surface area contributed by atoms with Gasteiger partial charge in [-0.05, 0) is 79.7 Å². The molecule has 0 radical (unpaired) electrons. The van der Waals surface area contributed by atoms with Crippen molar-refractivity contribution in [2.24, 2.45) is 5.92 Å². The monoisotopic (exact) mass is 883 g/mol. The van der Waals surface area contributed by atoms with E-state index in [1.54, 1.807) is 53.8 Å². The van der Waals surface area contributed by atoms with Gasteiger partial charge in [0.05, 0.1) is 55.8 Å². The van der Waals surface area contributed by atoms with Crippen LogP contribution in [0, 0.1) is 11.7 Å². The number of nitrogens with one attached hydrogen (secondary N) is 4. The van der Waals surface area contributed by atoms with Crippen LogP contribution >= 0.6 is 0 Å². The van der Waals surface area contributed by atoms with Gasteiger partial charge in [-0.3, -0.25) is 14.6 Å². The fourth-order valence-corrected chi connectivity index (χ4v) is 9.36. The number of hydrogen-bond acceptors (Lipinski definition) is 10. The van der Waals surface area contributed by atoms with Gasteiger partial charge in [-0.2, -0.15) is 0 Å². The number of H-pyrrole nitrogens is 2. The number of aromatic amines is 2. The Morgan fingerprint density at radius 2 is 1.35 bits per heavy atom. The molecule has 6 aromatic rings. The van der Waals surface area contributed by atoms with Crippen LogP contribution in [0.4, 0.5) is 14.0 Å². The van der Waals surface area contributed by atoms with Gasteiger partial charge in [0.25, 0.3) is 5.91 Å². The van der Waals surface area contributed by atoms with Crippen molar-refractivity contribution < 1.29 is 37.8 Å². The molecule has 4 N–H and O–H groups in total. The van der Waals surface area contributed by atoms with Crippen molar-refractivity contribution in [3.8, 4) is 33.8 Å². The first-order chi connectivity index (χ1) is 31.7. The summed E-state index contributed by atoms with van der Waals surface area (Å²) < 4.78 is 31.1. The fraction of sp³-hybridized carbons (Fsp3) is 0.354. The number of pyridine rings is 1. The number of nitrogens with zero attached hydrogens (tertiary/aromatic N) is 5. The van der Waals surface area contributed by atoms with Gasteiger partial charge < -0.3 is 44.6 Å². The maximum absolute atomic E-state index is 15.9. The summed E-state index contributed by atoms with van der Waals surface area (Å²) in [5.41, 5.74) is 4.30. The van der Waals surface area contributed by atoms with Crippen molar-refractivity contribution >= 4 is 34.8 Å². The number of aromatic nitrogens is 5. The van der Waals surface area contributed by atoms with Crippen LogP contribution in [0.2, 0.25) is 0 Å². The molecule has 0 spiro atoms. The standard InChI is InChI=1S/C48H50FN9O7/c1-63-47(61)55-41(28-8-4-3-5-9-28)45(59)58-19-7-11-40(58)44-52-27-38(54-44)34-15-14-32(23-35(34)49)36-24-30-12-13-31(22-33(30)25-50-36)37-26-51-43(53-37)39-10-6-18-57(39)46(60)42(56-48(62)64-2)29-16-20-65-21-17-29/h3-5,8-9,12-15,22-27,29,39-42H,6-7,10-11,16-21H2,1-2H3,(H,51,53)(H,52,54)(H,55,61)(H,56,62)/t39-,40-,41+,42-/m0/s1. The van der Waals surface area contributed by atoms with E-state index in [1.165, 1.54) is 20.3 Å². The smallest absolute Gasteiger partial charge is 0.407 e. The van der Waals surface area contributed by atoms with E-state index in [4.69, 9.17) is 24.2 Å². The zero-order chi connectivity index (χ0) is 45.0. The Kier molecular flexibility index (Phi) is 12.5. The summed E-state index contributed by atoms with van der Waals surface area (Å²) in [7, 11) is 2.54. The van der Waals surface area contributed by atoms with Gasteiger partial charge in [0.15, 0.2) is 0 Å². The third kappa shape index (κ3) is 9.00. The summed E-state index contributed by atoms with van der Waals surface area (Å²) in [5, 5.41) is 7.26. The minimum absolute atomic E-state index is 0.0558. The number of carbonyl (C=O) groups is 4. The predicted octanol–water partition coefficient (Wildman–Crippen LogP) is 7.40. The number of ether oxygens (including phenoxy) is 3. The average Bonchev–Trinajstić information content (AvgIpc) is 4.20. The minimum atomic E-state index is -0.950.